The predicted molar refractivity (Wildman–Crippen MR) is 98.9 cm³/mol. The van der Waals surface area contributed by atoms with E-state index >= 15 is 0 Å². The van der Waals surface area contributed by atoms with Gasteiger partial charge in [-0.05, 0) is 56.5 Å². The van der Waals surface area contributed by atoms with Crippen LogP contribution < -0.4 is 9.47 Å². The van der Waals surface area contributed by atoms with Crippen molar-refractivity contribution in [2.24, 2.45) is 5.92 Å². The third-order valence-electron chi connectivity index (χ3n) is 4.46. The number of likely N-dealkylation sites (tertiary alicyclic amines) is 1. The largest absolute Gasteiger partial charge is 0.493 e. The predicted octanol–water partition coefficient (Wildman–Crippen LogP) is 3.86. The van der Waals surface area contributed by atoms with E-state index in [4.69, 9.17) is 14.2 Å². The van der Waals surface area contributed by atoms with Crippen molar-refractivity contribution in [2.75, 3.05) is 46.6 Å². The molecule has 0 saturated carbocycles. The number of methoxy groups -OCH3 is 1. The van der Waals surface area contributed by atoms with Crippen molar-refractivity contribution >= 4 is 6.08 Å². The molecule has 1 aliphatic rings. The van der Waals surface area contributed by atoms with E-state index in [1.54, 1.807) is 7.11 Å². The Hall–Kier alpha value is -1.52. The monoisotopic (exact) mass is 333 g/mol. The Bertz CT molecular complexity index is 508. The zero-order valence-electron chi connectivity index (χ0n) is 15.3. The van der Waals surface area contributed by atoms with Crippen LogP contribution in [0.4, 0.5) is 0 Å². The van der Waals surface area contributed by atoms with Crippen LogP contribution in [-0.2, 0) is 4.74 Å². The molecule has 1 heterocycles. The Labute approximate surface area is 146 Å². The molecule has 0 radical (unpaired) electrons. The quantitative estimate of drug-likeness (QED) is 0.642. The van der Waals surface area contributed by atoms with Crippen molar-refractivity contribution < 1.29 is 14.2 Å². The maximum absolute atomic E-state index is 5.78. The van der Waals surface area contributed by atoms with Crippen molar-refractivity contribution in [3.8, 4) is 11.5 Å². The first kappa shape index (κ1) is 18.8. The van der Waals surface area contributed by atoms with E-state index < -0.39 is 0 Å². The van der Waals surface area contributed by atoms with Crippen molar-refractivity contribution in [3.63, 3.8) is 0 Å². The van der Waals surface area contributed by atoms with Gasteiger partial charge in [-0.2, -0.15) is 0 Å². The molecule has 0 unspecified atom stereocenters. The molecule has 4 heteroatoms. The molecular formula is C20H31NO3. The summed E-state index contributed by atoms with van der Waals surface area (Å²) >= 11 is 0. The molecule has 0 bridgehead atoms. The highest BCUT2D eigenvalue weighted by atomic mass is 16.5. The fourth-order valence-corrected chi connectivity index (χ4v) is 2.89. The van der Waals surface area contributed by atoms with Gasteiger partial charge in [0.1, 0.15) is 6.61 Å². The van der Waals surface area contributed by atoms with Crippen LogP contribution >= 0.6 is 0 Å². The first-order valence-electron chi connectivity index (χ1n) is 8.96. The number of rotatable bonds is 9. The Morgan fingerprint density at radius 1 is 1.12 bits per heavy atom. The minimum Gasteiger partial charge on any atom is -0.493 e. The molecule has 0 aliphatic carbocycles. The van der Waals surface area contributed by atoms with Crippen LogP contribution in [0.15, 0.2) is 24.3 Å². The van der Waals surface area contributed by atoms with Gasteiger partial charge in [-0.15, -0.1) is 0 Å². The minimum atomic E-state index is 0.538. The smallest absolute Gasteiger partial charge is 0.161 e. The normalized spacial score (nSPS) is 16.6. The van der Waals surface area contributed by atoms with Gasteiger partial charge in [0.05, 0.1) is 20.3 Å². The molecule has 0 atom stereocenters. The first-order valence-corrected chi connectivity index (χ1v) is 8.96. The van der Waals surface area contributed by atoms with Crippen molar-refractivity contribution in [2.45, 2.75) is 26.7 Å². The van der Waals surface area contributed by atoms with E-state index in [1.165, 1.54) is 25.9 Å². The van der Waals surface area contributed by atoms with Crippen LogP contribution in [0.25, 0.3) is 6.08 Å². The summed E-state index contributed by atoms with van der Waals surface area (Å²) in [5.74, 6) is 2.40. The maximum Gasteiger partial charge on any atom is 0.161 e. The molecule has 4 nitrogen and oxygen atoms in total. The van der Waals surface area contributed by atoms with Gasteiger partial charge >= 0.3 is 0 Å². The average Bonchev–Trinajstić information content (AvgIpc) is 2.60. The van der Waals surface area contributed by atoms with Gasteiger partial charge in [-0.3, -0.25) is 0 Å². The number of benzene rings is 1. The zero-order valence-corrected chi connectivity index (χ0v) is 15.3. The molecule has 0 aromatic heterocycles. The van der Waals surface area contributed by atoms with Gasteiger partial charge in [-0.25, -0.2) is 0 Å². The highest BCUT2D eigenvalue weighted by Crippen LogP contribution is 2.28. The number of hydrogen-bond acceptors (Lipinski definition) is 4. The lowest BCUT2D eigenvalue weighted by molar-refractivity contribution is 0.0703. The number of allylic oxidation sites excluding steroid dienone is 1. The molecule has 1 fully saturated rings. The van der Waals surface area contributed by atoms with Crippen LogP contribution in [0.5, 0.6) is 11.5 Å². The van der Waals surface area contributed by atoms with Gasteiger partial charge in [-0.1, -0.05) is 25.1 Å². The van der Waals surface area contributed by atoms with Crippen LogP contribution in [0.3, 0.4) is 0 Å². The molecule has 24 heavy (non-hydrogen) atoms. The first-order chi connectivity index (χ1) is 11.7. The van der Waals surface area contributed by atoms with Gasteiger partial charge in [0, 0.05) is 6.54 Å². The molecule has 1 aromatic carbocycles. The molecular weight excluding hydrogens is 302 g/mol. The van der Waals surface area contributed by atoms with Crippen molar-refractivity contribution in [1.29, 1.82) is 0 Å². The van der Waals surface area contributed by atoms with Gasteiger partial charge in [0.2, 0.25) is 0 Å². The van der Waals surface area contributed by atoms with Crippen molar-refractivity contribution in [3.05, 3.63) is 29.8 Å². The standard InChI is InChI=1S/C20H31NO3/c1-4-5-18-6-7-19(20(16-18)22-3)24-15-14-23-13-12-21-10-8-17(2)9-11-21/h4-7,16-17H,8-15H2,1-3H3. The Morgan fingerprint density at radius 2 is 1.92 bits per heavy atom. The van der Waals surface area contributed by atoms with Gasteiger partial charge in [0.15, 0.2) is 11.5 Å². The molecule has 134 valence electrons. The lowest BCUT2D eigenvalue weighted by Gasteiger charge is -2.29. The third kappa shape index (κ3) is 6.17. The van der Waals surface area contributed by atoms with Gasteiger partial charge in [0.25, 0.3) is 0 Å². The van der Waals surface area contributed by atoms with Crippen LogP contribution in [0.1, 0.15) is 32.3 Å². The SMILES string of the molecule is CC=Cc1ccc(OCCOCCN2CCC(C)CC2)c(OC)c1. The fraction of sp³-hybridized carbons (Fsp3) is 0.600. The Kier molecular flexibility index (Phi) is 8.13. The summed E-state index contributed by atoms with van der Waals surface area (Å²) in [5, 5.41) is 0. The fourth-order valence-electron chi connectivity index (χ4n) is 2.89. The van der Waals surface area contributed by atoms with E-state index in [9.17, 15) is 0 Å². The summed E-state index contributed by atoms with van der Waals surface area (Å²) in [5.41, 5.74) is 1.11. The third-order valence-corrected chi connectivity index (χ3v) is 4.46. The lowest BCUT2D eigenvalue weighted by atomic mass is 9.99. The zero-order chi connectivity index (χ0) is 17.2. The van der Waals surface area contributed by atoms with E-state index in [-0.39, 0.29) is 0 Å². The number of hydrogen-bond donors (Lipinski definition) is 0. The summed E-state index contributed by atoms with van der Waals surface area (Å²) in [6, 6.07) is 5.95. The molecule has 1 aliphatic heterocycles. The lowest BCUT2D eigenvalue weighted by Crippen LogP contribution is -2.35. The maximum atomic E-state index is 5.78. The molecule has 0 amide bonds. The topological polar surface area (TPSA) is 30.9 Å². The summed E-state index contributed by atoms with van der Waals surface area (Å²) in [6.07, 6.45) is 6.67. The summed E-state index contributed by atoms with van der Waals surface area (Å²) in [6.45, 7) is 9.68. The summed E-state index contributed by atoms with van der Waals surface area (Å²) in [7, 11) is 1.66. The van der Waals surface area contributed by atoms with Crippen LogP contribution in [0.2, 0.25) is 0 Å². The molecule has 2 rings (SSSR count). The molecule has 0 N–H and O–H groups in total. The second-order valence-corrected chi connectivity index (χ2v) is 6.40. The van der Waals surface area contributed by atoms with Crippen molar-refractivity contribution in [1.82, 2.24) is 4.90 Å². The average molecular weight is 333 g/mol. The number of piperidine rings is 1. The van der Waals surface area contributed by atoms with E-state index in [0.29, 0.717) is 13.2 Å². The Morgan fingerprint density at radius 3 is 2.62 bits per heavy atom. The van der Waals surface area contributed by atoms with Gasteiger partial charge < -0.3 is 19.1 Å². The second kappa shape index (κ2) is 10.4. The number of ether oxygens (including phenoxy) is 3. The highest BCUT2D eigenvalue weighted by Gasteiger charge is 2.14. The molecule has 1 aromatic rings. The van der Waals surface area contributed by atoms with Crippen LogP contribution in [-0.4, -0.2) is 51.5 Å². The summed E-state index contributed by atoms with van der Waals surface area (Å²) < 4.78 is 16.9. The minimum absolute atomic E-state index is 0.538. The number of nitrogens with zero attached hydrogens (tertiary/aromatic N) is 1. The Balaban J connectivity index is 1.63. The van der Waals surface area contributed by atoms with Crippen LogP contribution in [0, 0.1) is 5.92 Å². The summed E-state index contributed by atoms with van der Waals surface area (Å²) in [4.78, 5) is 2.49. The second-order valence-electron chi connectivity index (χ2n) is 6.40. The molecule has 1 saturated heterocycles. The van der Waals surface area contributed by atoms with E-state index in [1.807, 2.05) is 37.3 Å². The van der Waals surface area contributed by atoms with E-state index in [2.05, 4.69) is 11.8 Å². The van der Waals surface area contributed by atoms with E-state index in [0.717, 1.165) is 36.1 Å². The molecule has 0 spiro atoms. The highest BCUT2D eigenvalue weighted by molar-refractivity contribution is 5.55.